The van der Waals surface area contributed by atoms with Crippen molar-refractivity contribution >= 4 is 5.97 Å². The molecule has 2 rings (SSSR count). The fourth-order valence-electron chi connectivity index (χ4n) is 2.63. The lowest BCUT2D eigenvalue weighted by atomic mass is 9.84. The zero-order valence-electron chi connectivity index (χ0n) is 10.4. The predicted molar refractivity (Wildman–Crippen MR) is 68.1 cm³/mol. The molecule has 2 N–H and O–H groups in total. The van der Waals surface area contributed by atoms with Crippen LogP contribution in [0.3, 0.4) is 0 Å². The van der Waals surface area contributed by atoms with Gasteiger partial charge in [0, 0.05) is 19.7 Å². The van der Waals surface area contributed by atoms with E-state index in [0.717, 1.165) is 13.1 Å². The summed E-state index contributed by atoms with van der Waals surface area (Å²) in [4.78, 5) is 13.5. The molecular formula is C14H19NO3. The van der Waals surface area contributed by atoms with Crippen LogP contribution in [0, 0.1) is 5.41 Å². The van der Waals surface area contributed by atoms with Gasteiger partial charge in [-0.2, -0.15) is 0 Å². The van der Waals surface area contributed by atoms with Crippen molar-refractivity contribution in [2.75, 3.05) is 19.7 Å². The molecule has 0 spiro atoms. The summed E-state index contributed by atoms with van der Waals surface area (Å²) in [6, 6.07) is 10.0. The van der Waals surface area contributed by atoms with Gasteiger partial charge in [0.15, 0.2) is 0 Å². The molecule has 0 bridgehead atoms. The molecule has 4 nitrogen and oxygen atoms in total. The molecule has 1 unspecified atom stereocenters. The van der Waals surface area contributed by atoms with Crippen molar-refractivity contribution in [3.63, 3.8) is 0 Å². The van der Waals surface area contributed by atoms with Crippen LogP contribution in [0.2, 0.25) is 0 Å². The number of carboxylic acids is 1. The minimum atomic E-state index is -0.785. The highest BCUT2D eigenvalue weighted by atomic mass is 16.4. The fraction of sp³-hybridized carbons (Fsp3) is 0.500. The van der Waals surface area contributed by atoms with Crippen molar-refractivity contribution in [1.82, 2.24) is 4.90 Å². The molecule has 1 saturated heterocycles. The molecule has 0 aliphatic carbocycles. The maximum Gasteiger partial charge on any atom is 0.311 e. The zero-order valence-corrected chi connectivity index (χ0v) is 10.4. The van der Waals surface area contributed by atoms with Crippen LogP contribution < -0.4 is 0 Å². The number of rotatable bonds is 5. The van der Waals surface area contributed by atoms with E-state index < -0.39 is 11.4 Å². The minimum absolute atomic E-state index is 0.0640. The maximum absolute atomic E-state index is 11.4. The summed E-state index contributed by atoms with van der Waals surface area (Å²) in [5.74, 6) is -0.785. The number of aliphatic hydroxyl groups excluding tert-OH is 1. The average molecular weight is 249 g/mol. The second-order valence-corrected chi connectivity index (χ2v) is 5.01. The quantitative estimate of drug-likeness (QED) is 0.827. The largest absolute Gasteiger partial charge is 0.481 e. The van der Waals surface area contributed by atoms with Crippen LogP contribution in [0.5, 0.6) is 0 Å². The fourth-order valence-corrected chi connectivity index (χ4v) is 2.63. The molecule has 4 heteroatoms. The summed E-state index contributed by atoms with van der Waals surface area (Å²) in [6.07, 6.45) is 0.962. The monoisotopic (exact) mass is 249 g/mol. The Morgan fingerprint density at radius 2 is 2.06 bits per heavy atom. The van der Waals surface area contributed by atoms with E-state index in [1.807, 2.05) is 30.3 Å². The molecule has 1 aromatic carbocycles. The van der Waals surface area contributed by atoms with Crippen molar-refractivity contribution in [1.29, 1.82) is 0 Å². The lowest BCUT2D eigenvalue weighted by Crippen LogP contribution is -2.35. The second-order valence-electron chi connectivity index (χ2n) is 5.01. The van der Waals surface area contributed by atoms with Crippen LogP contribution in [0.15, 0.2) is 30.3 Å². The highest BCUT2D eigenvalue weighted by molar-refractivity contribution is 5.75. The molecular weight excluding hydrogens is 230 g/mol. The van der Waals surface area contributed by atoms with Gasteiger partial charge in [-0.15, -0.1) is 0 Å². The molecule has 18 heavy (non-hydrogen) atoms. The number of carboxylic acid groups (broad SMARTS) is 1. The maximum atomic E-state index is 11.4. The Bertz CT molecular complexity index is 407. The molecule has 1 aliphatic rings. The number of aliphatic carboxylic acids is 1. The first-order valence-electron chi connectivity index (χ1n) is 6.27. The van der Waals surface area contributed by atoms with Crippen LogP contribution in [-0.2, 0) is 11.3 Å². The summed E-state index contributed by atoms with van der Waals surface area (Å²) in [5.41, 5.74) is 0.437. The highest BCUT2D eigenvalue weighted by Gasteiger charge is 2.44. The number of carbonyl (C=O) groups is 1. The van der Waals surface area contributed by atoms with Crippen LogP contribution in [0.25, 0.3) is 0 Å². The van der Waals surface area contributed by atoms with Gasteiger partial charge in [-0.1, -0.05) is 30.3 Å². The van der Waals surface area contributed by atoms with E-state index >= 15 is 0 Å². The Labute approximate surface area is 107 Å². The van der Waals surface area contributed by atoms with E-state index in [2.05, 4.69) is 4.90 Å². The summed E-state index contributed by atoms with van der Waals surface area (Å²) in [5, 5.41) is 18.4. The van der Waals surface area contributed by atoms with Crippen molar-refractivity contribution in [3.05, 3.63) is 35.9 Å². The van der Waals surface area contributed by atoms with E-state index in [1.54, 1.807) is 0 Å². The lowest BCUT2D eigenvalue weighted by Gasteiger charge is -2.24. The van der Waals surface area contributed by atoms with E-state index in [1.165, 1.54) is 5.56 Å². The molecule has 1 fully saturated rings. The van der Waals surface area contributed by atoms with Gasteiger partial charge in [-0.25, -0.2) is 0 Å². The van der Waals surface area contributed by atoms with Gasteiger partial charge in [0.2, 0.25) is 0 Å². The van der Waals surface area contributed by atoms with Gasteiger partial charge in [0.1, 0.15) is 0 Å². The first-order valence-corrected chi connectivity index (χ1v) is 6.27. The van der Waals surface area contributed by atoms with E-state index in [-0.39, 0.29) is 6.61 Å². The van der Waals surface area contributed by atoms with E-state index in [0.29, 0.717) is 19.4 Å². The van der Waals surface area contributed by atoms with Crippen LogP contribution in [0.4, 0.5) is 0 Å². The van der Waals surface area contributed by atoms with Gasteiger partial charge in [-0.05, 0) is 24.9 Å². The SMILES string of the molecule is O=C(O)C1(CCO)CCN(Cc2ccccc2)C1. The van der Waals surface area contributed by atoms with Gasteiger partial charge < -0.3 is 10.2 Å². The Balaban J connectivity index is 2.01. The van der Waals surface area contributed by atoms with Crippen molar-refractivity contribution < 1.29 is 15.0 Å². The summed E-state index contributed by atoms with van der Waals surface area (Å²) in [7, 11) is 0. The molecule has 0 radical (unpaired) electrons. The zero-order chi connectivity index (χ0) is 13.0. The Hall–Kier alpha value is -1.39. The van der Waals surface area contributed by atoms with Crippen LogP contribution >= 0.6 is 0 Å². The van der Waals surface area contributed by atoms with Crippen LogP contribution in [0.1, 0.15) is 18.4 Å². The number of hydrogen-bond donors (Lipinski definition) is 2. The number of aliphatic hydroxyl groups is 1. The van der Waals surface area contributed by atoms with Crippen molar-refractivity contribution in [2.24, 2.45) is 5.41 Å². The van der Waals surface area contributed by atoms with Crippen molar-refractivity contribution in [3.8, 4) is 0 Å². The molecule has 1 atom stereocenters. The van der Waals surface area contributed by atoms with Crippen LogP contribution in [-0.4, -0.2) is 40.8 Å². The standard InChI is InChI=1S/C14H19NO3/c16-9-7-14(13(17)18)6-8-15(11-14)10-12-4-2-1-3-5-12/h1-5,16H,6-11H2,(H,17,18). The molecule has 0 amide bonds. The number of benzene rings is 1. The molecule has 1 heterocycles. The number of likely N-dealkylation sites (tertiary alicyclic amines) is 1. The average Bonchev–Trinajstić information content (AvgIpc) is 2.76. The predicted octanol–water partition coefficient (Wildman–Crippen LogP) is 1.35. The third kappa shape index (κ3) is 2.71. The first kappa shape index (κ1) is 13.1. The smallest absolute Gasteiger partial charge is 0.311 e. The summed E-state index contributed by atoms with van der Waals surface area (Å²) < 4.78 is 0. The molecule has 1 aliphatic heterocycles. The third-order valence-electron chi connectivity index (χ3n) is 3.73. The minimum Gasteiger partial charge on any atom is -0.481 e. The number of nitrogens with zero attached hydrogens (tertiary/aromatic N) is 1. The van der Waals surface area contributed by atoms with Gasteiger partial charge in [-0.3, -0.25) is 9.69 Å². The topological polar surface area (TPSA) is 60.8 Å². The first-order chi connectivity index (χ1) is 8.66. The third-order valence-corrected chi connectivity index (χ3v) is 3.73. The van der Waals surface area contributed by atoms with Crippen molar-refractivity contribution in [2.45, 2.75) is 19.4 Å². The summed E-state index contributed by atoms with van der Waals surface area (Å²) >= 11 is 0. The molecule has 1 aromatic rings. The normalized spacial score (nSPS) is 24.3. The number of hydrogen-bond acceptors (Lipinski definition) is 3. The lowest BCUT2D eigenvalue weighted by molar-refractivity contribution is -0.149. The van der Waals surface area contributed by atoms with Gasteiger partial charge in [0.25, 0.3) is 0 Å². The van der Waals surface area contributed by atoms with E-state index in [4.69, 9.17) is 5.11 Å². The van der Waals surface area contributed by atoms with E-state index in [9.17, 15) is 9.90 Å². The van der Waals surface area contributed by atoms with Gasteiger partial charge >= 0.3 is 5.97 Å². The Morgan fingerprint density at radius 1 is 1.33 bits per heavy atom. The molecule has 0 aromatic heterocycles. The summed E-state index contributed by atoms with van der Waals surface area (Å²) in [6.45, 7) is 2.02. The highest BCUT2D eigenvalue weighted by Crippen LogP contribution is 2.34. The second kappa shape index (κ2) is 5.50. The Kier molecular flexibility index (Phi) is 3.99. The van der Waals surface area contributed by atoms with Gasteiger partial charge in [0.05, 0.1) is 5.41 Å². The molecule has 0 saturated carbocycles. The Morgan fingerprint density at radius 3 is 2.67 bits per heavy atom. The molecule has 98 valence electrons.